The lowest BCUT2D eigenvalue weighted by Gasteiger charge is -2.10. The van der Waals surface area contributed by atoms with Crippen LogP contribution in [0, 0.1) is 0 Å². The van der Waals surface area contributed by atoms with Gasteiger partial charge in [-0.15, -0.1) is 0 Å². The number of H-pyrrole nitrogens is 1. The Balaban J connectivity index is 1.27. The molecule has 0 saturated carbocycles. The molecule has 194 valence electrons. The van der Waals surface area contributed by atoms with E-state index >= 15 is 0 Å². The van der Waals surface area contributed by atoms with Gasteiger partial charge in [-0.25, -0.2) is 0 Å². The molecule has 0 bridgehead atoms. The van der Waals surface area contributed by atoms with Crippen LogP contribution in [-0.4, -0.2) is 23.5 Å². The van der Waals surface area contributed by atoms with Gasteiger partial charge in [-0.05, 0) is 73.9 Å². The maximum Gasteiger partial charge on any atom is 0.287 e. The van der Waals surface area contributed by atoms with Crippen molar-refractivity contribution >= 4 is 43.7 Å². The molecule has 3 aromatic carbocycles. The maximum atomic E-state index is 13.0. The number of aromatic nitrogens is 1. The molecular weight excluding hydrogens is 548 g/mol. The molecule has 0 aliphatic carbocycles. The highest BCUT2D eigenvalue weighted by Gasteiger charge is 2.16. The van der Waals surface area contributed by atoms with Gasteiger partial charge in [-0.2, -0.15) is 0 Å². The van der Waals surface area contributed by atoms with Crippen LogP contribution < -0.4 is 20.2 Å². The van der Waals surface area contributed by atoms with Crippen LogP contribution in [0.25, 0.3) is 21.9 Å². The molecule has 0 unspecified atom stereocenters. The van der Waals surface area contributed by atoms with Gasteiger partial charge in [-0.3, -0.25) is 9.59 Å². The van der Waals surface area contributed by atoms with Gasteiger partial charge in [0, 0.05) is 34.2 Å². The average Bonchev–Trinajstić information content (AvgIpc) is 3.29. The van der Waals surface area contributed by atoms with Gasteiger partial charge < -0.3 is 24.2 Å². The quantitative estimate of drug-likeness (QED) is 0.213. The second-order valence-corrected chi connectivity index (χ2v) is 10.1. The van der Waals surface area contributed by atoms with Crippen molar-refractivity contribution in [3.8, 4) is 11.5 Å². The molecule has 38 heavy (non-hydrogen) atoms. The number of halogens is 1. The van der Waals surface area contributed by atoms with E-state index in [-0.39, 0.29) is 17.3 Å². The number of carbonyl (C=O) groups excluding carboxylic acids is 1. The molecular formula is C30H27BrN2O5. The first-order chi connectivity index (χ1) is 18.4. The van der Waals surface area contributed by atoms with E-state index in [9.17, 15) is 9.59 Å². The largest absolute Gasteiger partial charge is 0.491 e. The highest BCUT2D eigenvalue weighted by atomic mass is 79.9. The number of hydrogen-bond donors (Lipinski definition) is 2. The van der Waals surface area contributed by atoms with Crippen molar-refractivity contribution in [3.63, 3.8) is 0 Å². The van der Waals surface area contributed by atoms with E-state index in [0.29, 0.717) is 36.3 Å². The van der Waals surface area contributed by atoms with Gasteiger partial charge in [0.2, 0.25) is 0 Å². The van der Waals surface area contributed by atoms with Crippen molar-refractivity contribution in [3.05, 3.63) is 105 Å². The van der Waals surface area contributed by atoms with E-state index in [1.807, 2.05) is 62.5 Å². The molecule has 0 atom stereocenters. The minimum absolute atomic E-state index is 0.0425. The Morgan fingerprint density at radius 3 is 2.68 bits per heavy atom. The zero-order valence-electron chi connectivity index (χ0n) is 21.0. The number of amides is 1. The van der Waals surface area contributed by atoms with E-state index in [4.69, 9.17) is 13.9 Å². The summed E-state index contributed by atoms with van der Waals surface area (Å²) in [7, 11) is 0. The number of nitrogens with one attached hydrogen (secondary N) is 2. The highest BCUT2D eigenvalue weighted by molar-refractivity contribution is 9.10. The van der Waals surface area contributed by atoms with Gasteiger partial charge in [0.05, 0.1) is 6.10 Å². The Bertz CT molecular complexity index is 1650. The summed E-state index contributed by atoms with van der Waals surface area (Å²) in [6.07, 6.45) is 2.62. The number of aromatic amines is 1. The molecule has 0 fully saturated rings. The fraction of sp³-hybridized carbons (Fsp3) is 0.200. The predicted molar refractivity (Wildman–Crippen MR) is 151 cm³/mol. The smallest absolute Gasteiger partial charge is 0.287 e. The van der Waals surface area contributed by atoms with Crippen molar-refractivity contribution in [1.29, 1.82) is 0 Å². The van der Waals surface area contributed by atoms with Crippen LogP contribution in [0.2, 0.25) is 0 Å². The van der Waals surface area contributed by atoms with E-state index in [2.05, 4.69) is 26.2 Å². The van der Waals surface area contributed by atoms with Crippen molar-refractivity contribution in [2.75, 3.05) is 6.54 Å². The van der Waals surface area contributed by atoms with Crippen molar-refractivity contribution in [2.24, 2.45) is 0 Å². The summed E-state index contributed by atoms with van der Waals surface area (Å²) >= 11 is 3.41. The lowest BCUT2D eigenvalue weighted by Crippen LogP contribution is -2.26. The predicted octanol–water partition coefficient (Wildman–Crippen LogP) is 6.38. The minimum Gasteiger partial charge on any atom is -0.491 e. The topological polar surface area (TPSA) is 93.6 Å². The molecule has 1 amide bonds. The first-order valence-corrected chi connectivity index (χ1v) is 13.2. The molecule has 0 aliphatic rings. The van der Waals surface area contributed by atoms with Crippen LogP contribution in [0.5, 0.6) is 11.5 Å². The maximum absolute atomic E-state index is 13.0. The first kappa shape index (κ1) is 25.6. The first-order valence-electron chi connectivity index (χ1n) is 12.4. The Morgan fingerprint density at radius 2 is 1.89 bits per heavy atom. The molecule has 2 aromatic heterocycles. The Kier molecular flexibility index (Phi) is 7.51. The second kappa shape index (κ2) is 11.1. The molecule has 2 heterocycles. The standard InChI is InChI=1S/C30H27BrN2O5/c1-18(2)37-22-10-11-24-23(14-22)20(16-33-24)12-13-32-30(35)28-15-25(34)29-26(4-3-5-27(29)38-28)36-17-19-6-8-21(31)9-7-19/h3-11,14-16,18,33H,12-13,17H2,1-2H3,(H,32,35). The van der Waals surface area contributed by atoms with Crippen LogP contribution in [-0.2, 0) is 13.0 Å². The number of benzene rings is 3. The second-order valence-electron chi connectivity index (χ2n) is 9.21. The molecule has 0 spiro atoms. The number of ether oxygens (including phenoxy) is 2. The van der Waals surface area contributed by atoms with E-state index in [1.165, 1.54) is 6.07 Å². The van der Waals surface area contributed by atoms with Crippen molar-refractivity contribution in [1.82, 2.24) is 10.3 Å². The normalized spacial score (nSPS) is 11.3. The minimum atomic E-state index is -0.450. The van der Waals surface area contributed by atoms with Crippen molar-refractivity contribution < 1.29 is 18.7 Å². The van der Waals surface area contributed by atoms with Crippen molar-refractivity contribution in [2.45, 2.75) is 33.0 Å². The summed E-state index contributed by atoms with van der Waals surface area (Å²) in [6.45, 7) is 4.65. The van der Waals surface area contributed by atoms with Gasteiger partial charge >= 0.3 is 0 Å². The van der Waals surface area contributed by atoms with Crippen LogP contribution in [0.1, 0.15) is 35.5 Å². The Hall–Kier alpha value is -4.04. The summed E-state index contributed by atoms with van der Waals surface area (Å²) in [5, 5.41) is 4.21. The van der Waals surface area contributed by atoms with Crippen LogP contribution in [0.3, 0.4) is 0 Å². The summed E-state index contributed by atoms with van der Waals surface area (Å²) in [6, 6.07) is 20.0. The molecule has 0 saturated heterocycles. The zero-order valence-corrected chi connectivity index (χ0v) is 22.6. The molecule has 0 radical (unpaired) electrons. The number of fused-ring (bicyclic) bond motifs is 2. The highest BCUT2D eigenvalue weighted by Crippen LogP contribution is 2.26. The molecule has 5 rings (SSSR count). The van der Waals surface area contributed by atoms with E-state index < -0.39 is 5.91 Å². The molecule has 2 N–H and O–H groups in total. The fourth-order valence-corrected chi connectivity index (χ4v) is 4.52. The monoisotopic (exact) mass is 574 g/mol. The molecule has 5 aromatic rings. The summed E-state index contributed by atoms with van der Waals surface area (Å²) < 4.78 is 18.5. The zero-order chi connectivity index (χ0) is 26.6. The molecule has 8 heteroatoms. The molecule has 7 nitrogen and oxygen atoms in total. The Morgan fingerprint density at radius 1 is 1.08 bits per heavy atom. The van der Waals surface area contributed by atoms with Gasteiger partial charge in [-0.1, -0.05) is 34.1 Å². The van der Waals surface area contributed by atoms with Crippen LogP contribution in [0.15, 0.2) is 86.6 Å². The summed E-state index contributed by atoms with van der Waals surface area (Å²) in [5.74, 6) is 0.717. The third-order valence-electron chi connectivity index (χ3n) is 6.04. The average molecular weight is 575 g/mol. The molecule has 0 aliphatic heterocycles. The third-order valence-corrected chi connectivity index (χ3v) is 6.57. The number of carbonyl (C=O) groups is 1. The van der Waals surface area contributed by atoms with Gasteiger partial charge in [0.1, 0.15) is 29.1 Å². The van der Waals surface area contributed by atoms with Crippen LogP contribution >= 0.6 is 15.9 Å². The Labute approximate surface area is 227 Å². The SMILES string of the molecule is CC(C)Oc1ccc2[nH]cc(CCNC(=O)c3cc(=O)c4c(OCc5ccc(Br)cc5)cccc4o3)c2c1. The van der Waals surface area contributed by atoms with Gasteiger partial charge in [0.15, 0.2) is 11.2 Å². The summed E-state index contributed by atoms with van der Waals surface area (Å²) in [5.41, 5.74) is 2.98. The fourth-order valence-electron chi connectivity index (χ4n) is 4.26. The van der Waals surface area contributed by atoms with E-state index in [1.54, 1.807) is 18.2 Å². The lowest BCUT2D eigenvalue weighted by atomic mass is 10.1. The summed E-state index contributed by atoms with van der Waals surface area (Å²) in [4.78, 5) is 29.0. The van der Waals surface area contributed by atoms with Gasteiger partial charge in [0.25, 0.3) is 5.91 Å². The number of rotatable bonds is 9. The van der Waals surface area contributed by atoms with Crippen LogP contribution in [0.4, 0.5) is 0 Å². The third kappa shape index (κ3) is 5.75. The number of hydrogen-bond acceptors (Lipinski definition) is 5. The van der Waals surface area contributed by atoms with E-state index in [0.717, 1.165) is 32.3 Å². The lowest BCUT2D eigenvalue weighted by molar-refractivity contribution is 0.0927.